The number of likely N-dealkylation sites (N-methyl/N-ethyl adjacent to an activating group) is 1. The van der Waals surface area contributed by atoms with E-state index in [-0.39, 0.29) is 12.5 Å². The second-order valence-electron chi connectivity index (χ2n) is 3.83. The van der Waals surface area contributed by atoms with E-state index in [1.807, 2.05) is 37.3 Å². The van der Waals surface area contributed by atoms with Crippen LogP contribution in [0.25, 0.3) is 0 Å². The molecule has 1 aromatic carbocycles. The Kier molecular flexibility index (Phi) is 5.02. The molecule has 1 aromatic rings. The number of rotatable bonds is 5. The molecule has 0 radical (unpaired) electrons. The number of carbonyl (C=O) groups is 1. The molecule has 0 aliphatic heterocycles. The van der Waals surface area contributed by atoms with Gasteiger partial charge in [0.15, 0.2) is 6.61 Å². The van der Waals surface area contributed by atoms with E-state index in [2.05, 4.69) is 0 Å². The maximum absolute atomic E-state index is 11.6. The molecule has 4 nitrogen and oxygen atoms in total. The van der Waals surface area contributed by atoms with Gasteiger partial charge in [0.1, 0.15) is 5.75 Å². The van der Waals surface area contributed by atoms with Crippen LogP contribution in [-0.4, -0.2) is 31.0 Å². The van der Waals surface area contributed by atoms with Crippen molar-refractivity contribution in [3.63, 3.8) is 0 Å². The molecule has 4 heteroatoms. The van der Waals surface area contributed by atoms with Crippen LogP contribution in [0, 0.1) is 18.3 Å². The summed E-state index contributed by atoms with van der Waals surface area (Å²) in [5.41, 5.74) is 1.09. The fourth-order valence-corrected chi connectivity index (χ4v) is 1.30. The maximum Gasteiger partial charge on any atom is 0.260 e. The van der Waals surface area contributed by atoms with Crippen LogP contribution in [0.4, 0.5) is 0 Å². The summed E-state index contributed by atoms with van der Waals surface area (Å²) < 4.78 is 5.38. The van der Waals surface area contributed by atoms with Crippen LogP contribution in [-0.2, 0) is 4.79 Å². The lowest BCUT2D eigenvalue weighted by atomic mass is 10.2. The van der Waals surface area contributed by atoms with Gasteiger partial charge in [0.05, 0.1) is 12.5 Å². The van der Waals surface area contributed by atoms with Crippen LogP contribution in [0.15, 0.2) is 24.3 Å². The molecule has 90 valence electrons. The van der Waals surface area contributed by atoms with E-state index >= 15 is 0 Å². The lowest BCUT2D eigenvalue weighted by molar-refractivity contribution is -0.131. The zero-order chi connectivity index (χ0) is 12.7. The fraction of sp³-hybridized carbons (Fsp3) is 0.385. The van der Waals surface area contributed by atoms with Crippen LogP contribution in [0.5, 0.6) is 5.75 Å². The van der Waals surface area contributed by atoms with Gasteiger partial charge in [0.2, 0.25) is 0 Å². The number of carbonyl (C=O) groups excluding carboxylic acids is 1. The van der Waals surface area contributed by atoms with Crippen LogP contribution >= 0.6 is 0 Å². The summed E-state index contributed by atoms with van der Waals surface area (Å²) in [6.07, 6.45) is 0.340. The summed E-state index contributed by atoms with van der Waals surface area (Å²) in [7, 11) is 1.67. The molecule has 0 aliphatic rings. The number of hydrogen-bond acceptors (Lipinski definition) is 3. The number of aryl methyl sites for hydroxylation is 1. The first-order valence-corrected chi connectivity index (χ1v) is 5.44. The van der Waals surface area contributed by atoms with Crippen molar-refractivity contribution in [3.8, 4) is 11.8 Å². The Morgan fingerprint density at radius 3 is 2.94 bits per heavy atom. The number of amides is 1. The Bertz CT molecular complexity index is 424. The summed E-state index contributed by atoms with van der Waals surface area (Å²) >= 11 is 0. The van der Waals surface area contributed by atoms with Gasteiger partial charge in [0, 0.05) is 13.6 Å². The van der Waals surface area contributed by atoms with Crippen molar-refractivity contribution in [2.24, 2.45) is 0 Å². The Morgan fingerprint density at radius 2 is 2.29 bits per heavy atom. The number of ether oxygens (including phenoxy) is 1. The predicted molar refractivity (Wildman–Crippen MR) is 64.5 cm³/mol. The Labute approximate surface area is 101 Å². The van der Waals surface area contributed by atoms with Crippen LogP contribution in [0.2, 0.25) is 0 Å². The normalized spacial score (nSPS) is 9.47. The third-order valence-corrected chi connectivity index (χ3v) is 2.34. The lowest BCUT2D eigenvalue weighted by Gasteiger charge is -2.15. The monoisotopic (exact) mass is 232 g/mol. The largest absolute Gasteiger partial charge is 0.484 e. The summed E-state index contributed by atoms with van der Waals surface area (Å²) in [6, 6.07) is 9.54. The predicted octanol–water partition coefficient (Wildman–Crippen LogP) is 1.75. The van der Waals surface area contributed by atoms with E-state index < -0.39 is 0 Å². The molecule has 0 heterocycles. The molecule has 1 rings (SSSR count). The molecule has 0 atom stereocenters. The fourth-order valence-electron chi connectivity index (χ4n) is 1.30. The minimum absolute atomic E-state index is 0.00534. The average molecular weight is 232 g/mol. The highest BCUT2D eigenvalue weighted by Gasteiger charge is 2.08. The third kappa shape index (κ3) is 4.56. The molecule has 0 saturated carbocycles. The molecule has 0 spiro atoms. The maximum atomic E-state index is 11.6. The van der Waals surface area contributed by atoms with E-state index in [0.29, 0.717) is 18.7 Å². The first-order chi connectivity index (χ1) is 8.13. The van der Waals surface area contributed by atoms with E-state index in [9.17, 15) is 4.79 Å². The molecule has 1 amide bonds. The van der Waals surface area contributed by atoms with Crippen molar-refractivity contribution in [3.05, 3.63) is 29.8 Å². The van der Waals surface area contributed by atoms with Crippen molar-refractivity contribution in [2.45, 2.75) is 13.3 Å². The highest BCUT2D eigenvalue weighted by Crippen LogP contribution is 2.12. The number of nitrogens with zero attached hydrogens (tertiary/aromatic N) is 2. The minimum Gasteiger partial charge on any atom is -0.484 e. The molecule has 0 N–H and O–H groups in total. The Hall–Kier alpha value is -2.02. The van der Waals surface area contributed by atoms with Crippen molar-refractivity contribution >= 4 is 5.91 Å². The summed E-state index contributed by atoms with van der Waals surface area (Å²) in [6.45, 7) is 2.41. The van der Waals surface area contributed by atoms with Crippen molar-refractivity contribution in [1.82, 2.24) is 4.90 Å². The standard InChI is InChI=1S/C13H16N2O2/c1-11-5-3-6-12(9-11)17-10-13(16)15(2)8-4-7-14/h3,5-6,9H,4,8,10H2,1-2H3. The molecular formula is C13H16N2O2. The highest BCUT2D eigenvalue weighted by molar-refractivity contribution is 5.77. The zero-order valence-corrected chi connectivity index (χ0v) is 10.1. The van der Waals surface area contributed by atoms with Gasteiger partial charge in [-0.2, -0.15) is 5.26 Å². The quantitative estimate of drug-likeness (QED) is 0.777. The second-order valence-corrected chi connectivity index (χ2v) is 3.83. The second kappa shape index (κ2) is 6.54. The first-order valence-electron chi connectivity index (χ1n) is 5.44. The molecule has 0 unspecified atom stereocenters. The van der Waals surface area contributed by atoms with E-state index in [1.165, 1.54) is 4.90 Å². The molecule has 0 fully saturated rings. The van der Waals surface area contributed by atoms with Gasteiger partial charge in [-0.05, 0) is 24.6 Å². The molecular weight excluding hydrogens is 216 g/mol. The molecule has 0 bridgehead atoms. The smallest absolute Gasteiger partial charge is 0.260 e. The summed E-state index contributed by atoms with van der Waals surface area (Å²) in [5.74, 6) is 0.564. The van der Waals surface area contributed by atoms with E-state index in [1.54, 1.807) is 7.05 Å². The van der Waals surface area contributed by atoms with Gasteiger partial charge >= 0.3 is 0 Å². The number of hydrogen-bond donors (Lipinski definition) is 0. The van der Waals surface area contributed by atoms with Crippen molar-refractivity contribution < 1.29 is 9.53 Å². The van der Waals surface area contributed by atoms with Crippen LogP contribution in [0.3, 0.4) is 0 Å². The highest BCUT2D eigenvalue weighted by atomic mass is 16.5. The van der Waals surface area contributed by atoms with Crippen molar-refractivity contribution in [2.75, 3.05) is 20.2 Å². The van der Waals surface area contributed by atoms with Gasteiger partial charge in [-0.15, -0.1) is 0 Å². The summed E-state index contributed by atoms with van der Waals surface area (Å²) in [4.78, 5) is 13.1. The van der Waals surface area contributed by atoms with E-state index in [0.717, 1.165) is 5.56 Å². The average Bonchev–Trinajstić information content (AvgIpc) is 2.33. The molecule has 17 heavy (non-hydrogen) atoms. The van der Waals surface area contributed by atoms with Gasteiger partial charge in [-0.1, -0.05) is 12.1 Å². The molecule has 0 aliphatic carbocycles. The van der Waals surface area contributed by atoms with E-state index in [4.69, 9.17) is 10.00 Å². The number of nitriles is 1. The number of benzene rings is 1. The molecule has 0 saturated heterocycles. The Morgan fingerprint density at radius 1 is 1.53 bits per heavy atom. The Balaban J connectivity index is 2.40. The minimum atomic E-state index is -0.123. The zero-order valence-electron chi connectivity index (χ0n) is 10.1. The SMILES string of the molecule is Cc1cccc(OCC(=O)N(C)CCC#N)c1. The van der Waals surface area contributed by atoms with Gasteiger partial charge < -0.3 is 9.64 Å². The lowest BCUT2D eigenvalue weighted by Crippen LogP contribution is -2.32. The van der Waals surface area contributed by atoms with Crippen LogP contribution in [0.1, 0.15) is 12.0 Å². The first kappa shape index (κ1) is 13.0. The third-order valence-electron chi connectivity index (χ3n) is 2.34. The molecule has 0 aromatic heterocycles. The van der Waals surface area contributed by atoms with Crippen LogP contribution < -0.4 is 4.74 Å². The summed E-state index contributed by atoms with van der Waals surface area (Å²) in [5, 5.41) is 8.42. The van der Waals surface area contributed by atoms with Gasteiger partial charge in [-0.3, -0.25) is 4.79 Å². The van der Waals surface area contributed by atoms with Gasteiger partial charge in [-0.25, -0.2) is 0 Å². The topological polar surface area (TPSA) is 53.3 Å². The van der Waals surface area contributed by atoms with Gasteiger partial charge in [0.25, 0.3) is 5.91 Å². The van der Waals surface area contributed by atoms with Crippen molar-refractivity contribution in [1.29, 1.82) is 5.26 Å².